The molecule has 0 bridgehead atoms. The lowest BCUT2D eigenvalue weighted by molar-refractivity contribution is 0.156. The summed E-state index contributed by atoms with van der Waals surface area (Å²) in [5.74, 6) is 0.470. The van der Waals surface area contributed by atoms with Gasteiger partial charge in [-0.15, -0.1) is 0 Å². The SMILES string of the molecule is CCc1c(Cl)ncnc1N(C)CC(F)F. The molecule has 1 aromatic rings. The molecule has 0 fully saturated rings. The molecule has 1 heterocycles. The average molecular weight is 236 g/mol. The van der Waals surface area contributed by atoms with Crippen LogP contribution in [-0.2, 0) is 6.42 Å². The topological polar surface area (TPSA) is 29.0 Å². The molecular weight excluding hydrogens is 224 g/mol. The molecule has 0 radical (unpaired) electrons. The van der Waals surface area contributed by atoms with Gasteiger partial charge in [0.15, 0.2) is 0 Å². The fourth-order valence-corrected chi connectivity index (χ4v) is 1.57. The number of rotatable bonds is 4. The molecule has 15 heavy (non-hydrogen) atoms. The molecule has 3 nitrogen and oxygen atoms in total. The maximum absolute atomic E-state index is 12.2. The van der Waals surface area contributed by atoms with Crippen molar-refractivity contribution in [3.63, 3.8) is 0 Å². The Kier molecular flexibility index (Phi) is 4.20. The van der Waals surface area contributed by atoms with E-state index in [4.69, 9.17) is 11.6 Å². The van der Waals surface area contributed by atoms with Crippen LogP contribution >= 0.6 is 11.6 Å². The molecule has 0 saturated heterocycles. The molecule has 0 unspecified atom stereocenters. The molecule has 0 N–H and O–H groups in total. The Morgan fingerprint density at radius 3 is 2.67 bits per heavy atom. The smallest absolute Gasteiger partial charge is 0.255 e. The summed E-state index contributed by atoms with van der Waals surface area (Å²) in [6.07, 6.45) is -0.505. The quantitative estimate of drug-likeness (QED) is 0.751. The molecule has 84 valence electrons. The predicted octanol–water partition coefficient (Wildman–Crippen LogP) is 2.39. The van der Waals surface area contributed by atoms with Gasteiger partial charge >= 0.3 is 0 Å². The molecule has 0 amide bonds. The average Bonchev–Trinajstić information content (AvgIpc) is 2.16. The van der Waals surface area contributed by atoms with Crippen LogP contribution in [0.25, 0.3) is 0 Å². The van der Waals surface area contributed by atoms with Gasteiger partial charge in [-0.1, -0.05) is 18.5 Å². The molecule has 0 aromatic carbocycles. The number of halogens is 3. The molecule has 0 aliphatic carbocycles. The molecule has 6 heteroatoms. The first-order valence-electron chi connectivity index (χ1n) is 4.54. The molecule has 0 aliphatic heterocycles. The van der Waals surface area contributed by atoms with E-state index in [1.165, 1.54) is 11.2 Å². The zero-order valence-electron chi connectivity index (χ0n) is 8.54. The van der Waals surface area contributed by atoms with E-state index in [9.17, 15) is 8.78 Å². The van der Waals surface area contributed by atoms with Gasteiger partial charge in [-0.05, 0) is 6.42 Å². The van der Waals surface area contributed by atoms with Crippen molar-refractivity contribution in [2.75, 3.05) is 18.5 Å². The Balaban J connectivity index is 2.97. The lowest BCUT2D eigenvalue weighted by atomic mass is 10.2. The zero-order valence-corrected chi connectivity index (χ0v) is 9.30. The van der Waals surface area contributed by atoms with E-state index in [-0.39, 0.29) is 6.54 Å². The van der Waals surface area contributed by atoms with Crippen LogP contribution in [-0.4, -0.2) is 30.0 Å². The van der Waals surface area contributed by atoms with Gasteiger partial charge in [-0.3, -0.25) is 0 Å². The van der Waals surface area contributed by atoms with Gasteiger partial charge in [0.1, 0.15) is 17.3 Å². The molecular formula is C9H12ClF2N3. The third-order valence-electron chi connectivity index (χ3n) is 2.00. The summed E-state index contributed by atoms with van der Waals surface area (Å²) in [6, 6.07) is 0. The first-order valence-corrected chi connectivity index (χ1v) is 4.92. The van der Waals surface area contributed by atoms with Crippen molar-refractivity contribution in [3.8, 4) is 0 Å². The number of hydrogen-bond acceptors (Lipinski definition) is 3. The lowest BCUT2D eigenvalue weighted by Gasteiger charge is -2.20. The first-order chi connectivity index (χ1) is 7.06. The van der Waals surface area contributed by atoms with Gasteiger partial charge in [0.05, 0.1) is 6.54 Å². The van der Waals surface area contributed by atoms with Crippen molar-refractivity contribution in [1.82, 2.24) is 9.97 Å². The second kappa shape index (κ2) is 5.21. The number of alkyl halides is 2. The third kappa shape index (κ3) is 2.99. The van der Waals surface area contributed by atoms with Crippen LogP contribution in [0, 0.1) is 0 Å². The summed E-state index contributed by atoms with van der Waals surface area (Å²) in [7, 11) is 1.56. The summed E-state index contributed by atoms with van der Waals surface area (Å²) in [5, 5.41) is 0.323. The van der Waals surface area contributed by atoms with Gasteiger partial charge < -0.3 is 4.90 Å². The lowest BCUT2D eigenvalue weighted by Crippen LogP contribution is -2.26. The summed E-state index contributed by atoms with van der Waals surface area (Å²) in [5.41, 5.74) is 0.697. The normalized spacial score (nSPS) is 10.8. The molecule has 1 rings (SSSR count). The van der Waals surface area contributed by atoms with Gasteiger partial charge in [-0.25, -0.2) is 18.7 Å². The van der Waals surface area contributed by atoms with Gasteiger partial charge in [0, 0.05) is 12.6 Å². The van der Waals surface area contributed by atoms with E-state index in [1.54, 1.807) is 7.05 Å². The van der Waals surface area contributed by atoms with Gasteiger partial charge in [0.2, 0.25) is 0 Å². The fourth-order valence-electron chi connectivity index (χ4n) is 1.31. The standard InChI is InChI=1S/C9H12ClF2N3/c1-3-6-8(10)13-5-14-9(6)15(2)4-7(11)12/h5,7H,3-4H2,1-2H3. The fraction of sp³-hybridized carbons (Fsp3) is 0.556. The summed E-state index contributed by atoms with van der Waals surface area (Å²) < 4.78 is 24.4. The minimum Gasteiger partial charge on any atom is -0.354 e. The van der Waals surface area contributed by atoms with Crippen molar-refractivity contribution >= 4 is 17.4 Å². The number of nitrogens with zero attached hydrogens (tertiary/aromatic N) is 3. The van der Waals surface area contributed by atoms with Crippen molar-refractivity contribution in [2.45, 2.75) is 19.8 Å². The zero-order chi connectivity index (χ0) is 11.4. The van der Waals surface area contributed by atoms with Crippen LogP contribution < -0.4 is 4.90 Å². The molecule has 0 atom stereocenters. The Morgan fingerprint density at radius 2 is 2.13 bits per heavy atom. The highest BCUT2D eigenvalue weighted by Crippen LogP contribution is 2.23. The van der Waals surface area contributed by atoms with Crippen LogP contribution in [0.15, 0.2) is 6.33 Å². The van der Waals surface area contributed by atoms with Crippen molar-refractivity contribution in [2.24, 2.45) is 0 Å². The second-order valence-corrected chi connectivity index (χ2v) is 3.45. The van der Waals surface area contributed by atoms with Gasteiger partial charge in [0.25, 0.3) is 6.43 Å². The minimum absolute atomic E-state index is 0.323. The predicted molar refractivity (Wildman–Crippen MR) is 55.7 cm³/mol. The van der Waals surface area contributed by atoms with E-state index >= 15 is 0 Å². The molecule has 0 spiro atoms. The molecule has 0 aliphatic rings. The largest absolute Gasteiger partial charge is 0.354 e. The van der Waals surface area contributed by atoms with Crippen LogP contribution in [0.5, 0.6) is 0 Å². The van der Waals surface area contributed by atoms with Crippen molar-refractivity contribution in [3.05, 3.63) is 17.0 Å². The molecule has 1 aromatic heterocycles. The highest BCUT2D eigenvalue weighted by molar-refractivity contribution is 6.30. The number of aromatic nitrogens is 2. The van der Waals surface area contributed by atoms with Crippen LogP contribution in [0.1, 0.15) is 12.5 Å². The van der Waals surface area contributed by atoms with Crippen LogP contribution in [0.2, 0.25) is 5.15 Å². The Hall–Kier alpha value is -0.970. The van der Waals surface area contributed by atoms with Crippen molar-refractivity contribution in [1.29, 1.82) is 0 Å². The van der Waals surface area contributed by atoms with E-state index in [0.717, 1.165) is 0 Å². The summed E-state index contributed by atoms with van der Waals surface area (Å²) >= 11 is 5.84. The first kappa shape index (κ1) is 12.1. The molecule has 0 saturated carbocycles. The van der Waals surface area contributed by atoms with E-state index in [1.807, 2.05) is 6.92 Å². The van der Waals surface area contributed by atoms with Crippen LogP contribution in [0.3, 0.4) is 0 Å². The van der Waals surface area contributed by atoms with E-state index in [0.29, 0.717) is 23.0 Å². The maximum atomic E-state index is 12.2. The highest BCUT2D eigenvalue weighted by atomic mass is 35.5. The second-order valence-electron chi connectivity index (χ2n) is 3.09. The van der Waals surface area contributed by atoms with E-state index in [2.05, 4.69) is 9.97 Å². The summed E-state index contributed by atoms with van der Waals surface area (Å²) in [4.78, 5) is 9.16. The minimum atomic E-state index is -2.39. The monoisotopic (exact) mass is 235 g/mol. The third-order valence-corrected chi connectivity index (χ3v) is 2.32. The Labute approximate surface area is 92.1 Å². The van der Waals surface area contributed by atoms with Gasteiger partial charge in [-0.2, -0.15) is 0 Å². The Morgan fingerprint density at radius 1 is 1.47 bits per heavy atom. The summed E-state index contributed by atoms with van der Waals surface area (Å²) in [6.45, 7) is 1.52. The number of anilines is 1. The van der Waals surface area contributed by atoms with Crippen LogP contribution in [0.4, 0.5) is 14.6 Å². The Bertz CT molecular complexity index is 333. The van der Waals surface area contributed by atoms with E-state index < -0.39 is 6.43 Å². The van der Waals surface area contributed by atoms with Crippen molar-refractivity contribution < 1.29 is 8.78 Å². The maximum Gasteiger partial charge on any atom is 0.255 e. The number of hydrogen-bond donors (Lipinski definition) is 0. The highest BCUT2D eigenvalue weighted by Gasteiger charge is 2.15.